The first-order valence-electron chi connectivity index (χ1n) is 7.79. The Kier molecular flexibility index (Phi) is 4.85. The minimum Gasteiger partial charge on any atom is -0.491 e. The number of hydrogen-bond acceptors (Lipinski definition) is 2. The summed E-state index contributed by atoms with van der Waals surface area (Å²) in [6.07, 6.45) is 7.83. The molecule has 1 aromatic rings. The lowest BCUT2D eigenvalue weighted by Crippen LogP contribution is -2.20. The van der Waals surface area contributed by atoms with Crippen molar-refractivity contribution in [3.63, 3.8) is 0 Å². The highest BCUT2D eigenvalue weighted by atomic mass is 35.5. The monoisotopic (exact) mass is 294 g/mol. The quantitative estimate of drug-likeness (QED) is 0.579. The average molecular weight is 295 g/mol. The lowest BCUT2D eigenvalue weighted by molar-refractivity contribution is 0.260. The summed E-state index contributed by atoms with van der Waals surface area (Å²) in [5, 5.41) is 0.234. The van der Waals surface area contributed by atoms with Crippen molar-refractivity contribution >= 4 is 11.6 Å². The van der Waals surface area contributed by atoms with Gasteiger partial charge < -0.3 is 9.47 Å². The highest BCUT2D eigenvalue weighted by molar-refractivity contribution is 6.20. The molecule has 0 aromatic heterocycles. The third kappa shape index (κ3) is 3.89. The first kappa shape index (κ1) is 14.2. The van der Waals surface area contributed by atoms with E-state index in [1.165, 1.54) is 37.7 Å². The molecule has 2 atom stereocenters. The summed E-state index contributed by atoms with van der Waals surface area (Å²) < 4.78 is 11.1. The van der Waals surface area contributed by atoms with Gasteiger partial charge >= 0.3 is 0 Å². The minimum atomic E-state index is 0.234. The van der Waals surface area contributed by atoms with E-state index in [1.54, 1.807) is 0 Å². The third-order valence-corrected chi connectivity index (χ3v) is 4.89. The van der Waals surface area contributed by atoms with Crippen LogP contribution < -0.4 is 4.74 Å². The van der Waals surface area contributed by atoms with E-state index in [0.29, 0.717) is 18.6 Å². The Morgan fingerprint density at radius 2 is 1.95 bits per heavy atom. The molecule has 0 radical (unpaired) electrons. The van der Waals surface area contributed by atoms with Crippen LogP contribution in [0.2, 0.25) is 0 Å². The Morgan fingerprint density at radius 3 is 2.70 bits per heavy atom. The van der Waals surface area contributed by atoms with Crippen LogP contribution in [-0.2, 0) is 11.2 Å². The molecule has 3 rings (SSSR count). The summed E-state index contributed by atoms with van der Waals surface area (Å²) in [6, 6.07) is 8.28. The van der Waals surface area contributed by atoms with Crippen molar-refractivity contribution in [2.75, 3.05) is 13.2 Å². The SMILES string of the molecule is ClC(Cc1ccccc1OCC1CO1)C1CCCCC1. The van der Waals surface area contributed by atoms with E-state index < -0.39 is 0 Å². The van der Waals surface area contributed by atoms with Crippen molar-refractivity contribution in [2.45, 2.75) is 50.0 Å². The topological polar surface area (TPSA) is 21.8 Å². The molecule has 2 nitrogen and oxygen atoms in total. The molecule has 1 saturated carbocycles. The minimum absolute atomic E-state index is 0.234. The molecule has 1 heterocycles. The second-order valence-electron chi connectivity index (χ2n) is 5.99. The molecule has 1 aliphatic heterocycles. The Labute approximate surface area is 126 Å². The van der Waals surface area contributed by atoms with Crippen LogP contribution in [0, 0.1) is 5.92 Å². The fraction of sp³-hybridized carbons (Fsp3) is 0.647. The van der Waals surface area contributed by atoms with Gasteiger partial charge in [0, 0.05) is 5.38 Å². The molecule has 20 heavy (non-hydrogen) atoms. The molecule has 110 valence electrons. The summed E-state index contributed by atoms with van der Waals surface area (Å²) in [6.45, 7) is 1.50. The predicted octanol–water partition coefficient (Wildman–Crippen LogP) is 4.19. The average Bonchev–Trinajstić information content (AvgIpc) is 3.31. The Hall–Kier alpha value is -0.730. The van der Waals surface area contributed by atoms with E-state index in [1.807, 2.05) is 12.1 Å². The molecule has 2 fully saturated rings. The van der Waals surface area contributed by atoms with Crippen LogP contribution in [0.25, 0.3) is 0 Å². The van der Waals surface area contributed by atoms with Crippen LogP contribution in [0.5, 0.6) is 5.75 Å². The Balaban J connectivity index is 1.59. The fourth-order valence-electron chi connectivity index (χ4n) is 3.03. The first-order chi connectivity index (χ1) is 9.83. The molecule has 1 saturated heterocycles. The van der Waals surface area contributed by atoms with Gasteiger partial charge in [-0.25, -0.2) is 0 Å². The van der Waals surface area contributed by atoms with Gasteiger partial charge in [0.15, 0.2) is 0 Å². The second-order valence-corrected chi connectivity index (χ2v) is 6.55. The number of benzene rings is 1. The molecule has 1 aliphatic carbocycles. The molecular formula is C17H23ClO2. The predicted molar refractivity (Wildman–Crippen MR) is 81.6 cm³/mol. The lowest BCUT2D eigenvalue weighted by Gasteiger charge is -2.26. The van der Waals surface area contributed by atoms with Crippen LogP contribution in [0.15, 0.2) is 24.3 Å². The number of epoxide rings is 1. The van der Waals surface area contributed by atoms with Crippen molar-refractivity contribution in [3.05, 3.63) is 29.8 Å². The Bertz CT molecular complexity index is 425. The van der Waals surface area contributed by atoms with Crippen LogP contribution in [0.4, 0.5) is 0 Å². The highest BCUT2D eigenvalue weighted by Crippen LogP contribution is 2.32. The standard InChI is InChI=1S/C17H23ClO2/c18-16(13-6-2-1-3-7-13)10-14-8-4-5-9-17(14)20-12-15-11-19-15/h4-5,8-9,13,15-16H,1-3,6-7,10-12H2. The van der Waals surface area contributed by atoms with Crippen molar-refractivity contribution in [1.82, 2.24) is 0 Å². The van der Waals surface area contributed by atoms with E-state index in [-0.39, 0.29) is 5.38 Å². The largest absolute Gasteiger partial charge is 0.491 e. The van der Waals surface area contributed by atoms with Gasteiger partial charge in [0.2, 0.25) is 0 Å². The third-order valence-electron chi connectivity index (χ3n) is 4.38. The molecule has 2 aliphatic rings. The summed E-state index contributed by atoms with van der Waals surface area (Å²) in [5.41, 5.74) is 1.23. The highest BCUT2D eigenvalue weighted by Gasteiger charge is 2.25. The van der Waals surface area contributed by atoms with Gasteiger partial charge in [-0.15, -0.1) is 11.6 Å². The van der Waals surface area contributed by atoms with Gasteiger partial charge in [-0.3, -0.25) is 0 Å². The van der Waals surface area contributed by atoms with E-state index in [4.69, 9.17) is 21.1 Å². The van der Waals surface area contributed by atoms with Crippen LogP contribution in [0.3, 0.4) is 0 Å². The van der Waals surface area contributed by atoms with Gasteiger partial charge in [0.05, 0.1) is 6.61 Å². The number of halogens is 1. The van der Waals surface area contributed by atoms with Gasteiger partial charge in [-0.2, -0.15) is 0 Å². The zero-order chi connectivity index (χ0) is 13.8. The van der Waals surface area contributed by atoms with Gasteiger partial charge in [0.25, 0.3) is 0 Å². The summed E-state index contributed by atoms with van der Waals surface area (Å²) >= 11 is 6.66. The van der Waals surface area contributed by atoms with Gasteiger partial charge in [-0.05, 0) is 36.8 Å². The first-order valence-corrected chi connectivity index (χ1v) is 8.23. The zero-order valence-electron chi connectivity index (χ0n) is 11.9. The maximum absolute atomic E-state index is 6.66. The maximum Gasteiger partial charge on any atom is 0.122 e. The van der Waals surface area contributed by atoms with Crippen LogP contribution >= 0.6 is 11.6 Å². The van der Waals surface area contributed by atoms with Crippen molar-refractivity contribution in [3.8, 4) is 5.75 Å². The smallest absolute Gasteiger partial charge is 0.122 e. The van der Waals surface area contributed by atoms with E-state index in [0.717, 1.165) is 18.8 Å². The van der Waals surface area contributed by atoms with Crippen LogP contribution in [0.1, 0.15) is 37.7 Å². The fourth-order valence-corrected chi connectivity index (χ4v) is 3.45. The van der Waals surface area contributed by atoms with E-state index >= 15 is 0 Å². The van der Waals surface area contributed by atoms with Crippen molar-refractivity contribution in [2.24, 2.45) is 5.92 Å². The van der Waals surface area contributed by atoms with E-state index in [9.17, 15) is 0 Å². The molecule has 1 aromatic carbocycles. The lowest BCUT2D eigenvalue weighted by atomic mass is 9.85. The number of rotatable bonds is 6. The second kappa shape index (κ2) is 6.82. The summed E-state index contributed by atoms with van der Waals surface area (Å²) in [4.78, 5) is 0. The van der Waals surface area contributed by atoms with E-state index in [2.05, 4.69) is 12.1 Å². The summed E-state index contributed by atoms with van der Waals surface area (Å²) in [5.74, 6) is 1.65. The molecule has 0 amide bonds. The maximum atomic E-state index is 6.66. The Morgan fingerprint density at radius 1 is 1.20 bits per heavy atom. The number of hydrogen-bond donors (Lipinski definition) is 0. The van der Waals surface area contributed by atoms with Crippen molar-refractivity contribution in [1.29, 1.82) is 0 Å². The molecule has 0 spiro atoms. The summed E-state index contributed by atoms with van der Waals surface area (Å²) in [7, 11) is 0. The zero-order valence-corrected chi connectivity index (χ0v) is 12.6. The normalized spacial score (nSPS) is 24.4. The molecule has 3 heteroatoms. The number of alkyl halides is 1. The molecule has 0 N–H and O–H groups in total. The number of para-hydroxylation sites is 1. The van der Waals surface area contributed by atoms with Gasteiger partial charge in [0.1, 0.15) is 18.5 Å². The van der Waals surface area contributed by atoms with Gasteiger partial charge in [-0.1, -0.05) is 37.5 Å². The number of ether oxygens (including phenoxy) is 2. The van der Waals surface area contributed by atoms with Crippen molar-refractivity contribution < 1.29 is 9.47 Å². The van der Waals surface area contributed by atoms with Crippen LogP contribution in [-0.4, -0.2) is 24.7 Å². The molecule has 0 bridgehead atoms. The molecule has 2 unspecified atom stereocenters. The molecular weight excluding hydrogens is 272 g/mol.